The summed E-state index contributed by atoms with van der Waals surface area (Å²) >= 11 is 0. The van der Waals surface area contributed by atoms with Crippen LogP contribution in [0.25, 0.3) is 0 Å². The van der Waals surface area contributed by atoms with Gasteiger partial charge in [0.05, 0.1) is 14.2 Å². The Balaban J connectivity index is 1.87. The number of methoxy groups -OCH3 is 2. The van der Waals surface area contributed by atoms with Gasteiger partial charge in [0.1, 0.15) is 8.07 Å². The topological polar surface area (TPSA) is 52.6 Å². The van der Waals surface area contributed by atoms with Gasteiger partial charge in [0, 0.05) is 0 Å². The normalized spacial score (nSPS) is 19.4. The fraction of sp³-hybridized carbons (Fsp3) is 0.310. The summed E-state index contributed by atoms with van der Waals surface area (Å²) in [6, 6.07) is 33.1. The van der Waals surface area contributed by atoms with Gasteiger partial charge in [-0.25, -0.2) is 0 Å². The van der Waals surface area contributed by atoms with Gasteiger partial charge in [-0.1, -0.05) is 97.9 Å². The average Bonchev–Trinajstić information content (AvgIpc) is 3.24. The van der Waals surface area contributed by atoms with Gasteiger partial charge >= 0.3 is 11.9 Å². The van der Waals surface area contributed by atoms with E-state index in [4.69, 9.17) is 9.47 Å². The third-order valence-corrected chi connectivity index (χ3v) is 12.7. The molecule has 0 aliphatic heterocycles. The third kappa shape index (κ3) is 4.09. The molecule has 3 aromatic rings. The van der Waals surface area contributed by atoms with E-state index in [-0.39, 0.29) is 11.8 Å². The highest BCUT2D eigenvalue weighted by Crippen LogP contribution is 2.50. The highest BCUT2D eigenvalue weighted by Gasteiger charge is 2.57. The van der Waals surface area contributed by atoms with Crippen molar-refractivity contribution in [1.82, 2.24) is 0 Å². The van der Waals surface area contributed by atoms with Crippen molar-refractivity contribution in [3.8, 4) is 0 Å². The SMILES string of the molecule is COC(=O)C1(C(=O)OC)C[C@@H](C[Si](c2ccccc2)(c2ccccc2)c2ccccc2)[C@H](C)C1. The predicted molar refractivity (Wildman–Crippen MR) is 137 cm³/mol. The van der Waals surface area contributed by atoms with E-state index in [0.29, 0.717) is 12.8 Å². The number of carbonyl (C=O) groups excluding carboxylic acids is 2. The van der Waals surface area contributed by atoms with Crippen LogP contribution in [-0.2, 0) is 19.1 Å². The summed E-state index contributed by atoms with van der Waals surface area (Å²) in [5.41, 5.74) is -1.24. The Kier molecular flexibility index (Phi) is 7.03. The maximum atomic E-state index is 12.9. The lowest BCUT2D eigenvalue weighted by atomic mass is 9.85. The number of ether oxygens (including phenoxy) is 2. The number of benzene rings is 3. The van der Waals surface area contributed by atoms with Crippen LogP contribution in [0.2, 0.25) is 6.04 Å². The Morgan fingerprint density at radius 2 is 1.12 bits per heavy atom. The van der Waals surface area contributed by atoms with E-state index in [1.54, 1.807) is 0 Å². The van der Waals surface area contributed by atoms with Gasteiger partial charge in [-0.2, -0.15) is 0 Å². The highest BCUT2D eigenvalue weighted by atomic mass is 28.3. The molecule has 0 aromatic heterocycles. The Labute approximate surface area is 202 Å². The summed E-state index contributed by atoms with van der Waals surface area (Å²) in [5, 5.41) is 3.98. The second-order valence-electron chi connectivity index (χ2n) is 9.42. The van der Waals surface area contributed by atoms with Crippen LogP contribution in [0, 0.1) is 17.3 Å². The van der Waals surface area contributed by atoms with Gasteiger partial charge < -0.3 is 9.47 Å². The van der Waals surface area contributed by atoms with Crippen LogP contribution >= 0.6 is 0 Å². The molecule has 0 spiro atoms. The van der Waals surface area contributed by atoms with Crippen molar-refractivity contribution >= 4 is 35.6 Å². The van der Waals surface area contributed by atoms with Crippen LogP contribution in [0.1, 0.15) is 19.8 Å². The Hall–Kier alpha value is -3.18. The minimum absolute atomic E-state index is 0.158. The molecular formula is C29H32O4Si. The molecular weight excluding hydrogens is 440 g/mol. The fourth-order valence-corrected chi connectivity index (χ4v) is 11.3. The molecule has 5 heteroatoms. The van der Waals surface area contributed by atoms with Crippen LogP contribution in [0.3, 0.4) is 0 Å². The first kappa shape index (κ1) is 24.0. The van der Waals surface area contributed by atoms with Crippen molar-refractivity contribution in [3.05, 3.63) is 91.0 Å². The molecule has 0 N–H and O–H groups in total. The number of carbonyl (C=O) groups is 2. The van der Waals surface area contributed by atoms with Crippen LogP contribution < -0.4 is 15.6 Å². The summed E-state index contributed by atoms with van der Waals surface area (Å²) in [5.74, 6) is -0.646. The molecule has 1 aliphatic rings. The summed E-state index contributed by atoms with van der Waals surface area (Å²) in [7, 11) is 0.211. The van der Waals surface area contributed by atoms with Gasteiger partial charge in [0.15, 0.2) is 5.41 Å². The predicted octanol–water partition coefficient (Wildman–Crippen LogP) is 3.54. The minimum atomic E-state index is -2.49. The molecule has 0 radical (unpaired) electrons. The number of esters is 2. The second-order valence-corrected chi connectivity index (χ2v) is 13.4. The van der Waals surface area contributed by atoms with E-state index in [1.807, 2.05) is 0 Å². The summed E-state index contributed by atoms with van der Waals surface area (Å²) in [4.78, 5) is 25.8. The van der Waals surface area contributed by atoms with Crippen molar-refractivity contribution in [2.24, 2.45) is 17.3 Å². The molecule has 0 saturated heterocycles. The molecule has 0 heterocycles. The molecule has 0 unspecified atom stereocenters. The van der Waals surface area contributed by atoms with Gasteiger partial charge in [-0.05, 0) is 46.3 Å². The molecule has 0 amide bonds. The number of rotatable bonds is 7. The summed E-state index contributed by atoms with van der Waals surface area (Å²) in [6.07, 6.45) is 0.884. The van der Waals surface area contributed by atoms with E-state index in [9.17, 15) is 9.59 Å². The zero-order valence-corrected chi connectivity index (χ0v) is 21.1. The smallest absolute Gasteiger partial charge is 0.323 e. The number of hydrogen-bond acceptors (Lipinski definition) is 4. The van der Waals surface area contributed by atoms with Gasteiger partial charge in [0.25, 0.3) is 0 Å². The van der Waals surface area contributed by atoms with E-state index in [0.717, 1.165) is 6.04 Å². The number of hydrogen-bond donors (Lipinski definition) is 0. The van der Waals surface area contributed by atoms with E-state index >= 15 is 0 Å². The third-order valence-electron chi connectivity index (χ3n) is 7.61. The molecule has 1 fully saturated rings. The van der Waals surface area contributed by atoms with Gasteiger partial charge in [-0.15, -0.1) is 0 Å². The summed E-state index contributed by atoms with van der Waals surface area (Å²) < 4.78 is 10.2. The van der Waals surface area contributed by atoms with Crippen LogP contribution in [-0.4, -0.2) is 34.2 Å². The maximum Gasteiger partial charge on any atom is 0.323 e. The standard InChI is InChI=1S/C29H32O4Si/c1-22-19-29(27(30)32-2,28(31)33-3)20-23(22)21-34(24-13-7-4-8-14-24,25-15-9-5-10-16-25)26-17-11-6-12-18-26/h4-18,22-23H,19-21H2,1-3H3/t22-,23+/m1/s1. The Morgan fingerprint density at radius 3 is 1.47 bits per heavy atom. The molecule has 1 saturated carbocycles. The van der Waals surface area contributed by atoms with E-state index < -0.39 is 25.4 Å². The van der Waals surface area contributed by atoms with E-state index in [2.05, 4.69) is 97.9 Å². The lowest BCUT2D eigenvalue weighted by Gasteiger charge is -2.37. The van der Waals surface area contributed by atoms with Crippen LogP contribution in [0.4, 0.5) is 0 Å². The van der Waals surface area contributed by atoms with Crippen molar-refractivity contribution in [1.29, 1.82) is 0 Å². The Bertz CT molecular complexity index is 1000. The van der Waals surface area contributed by atoms with Crippen molar-refractivity contribution in [2.75, 3.05) is 14.2 Å². The van der Waals surface area contributed by atoms with Crippen LogP contribution in [0.15, 0.2) is 91.0 Å². The lowest BCUT2D eigenvalue weighted by molar-refractivity contribution is -0.169. The first-order valence-electron chi connectivity index (χ1n) is 11.8. The molecule has 3 aromatic carbocycles. The second kappa shape index (κ2) is 9.98. The molecule has 0 bridgehead atoms. The zero-order valence-electron chi connectivity index (χ0n) is 20.1. The quantitative estimate of drug-likeness (QED) is 0.228. The molecule has 34 heavy (non-hydrogen) atoms. The largest absolute Gasteiger partial charge is 0.468 e. The average molecular weight is 473 g/mol. The zero-order chi connectivity index (χ0) is 24.2. The van der Waals surface area contributed by atoms with Gasteiger partial charge in [0.2, 0.25) is 0 Å². The molecule has 2 atom stereocenters. The Morgan fingerprint density at radius 1 is 0.735 bits per heavy atom. The minimum Gasteiger partial charge on any atom is -0.468 e. The first-order valence-corrected chi connectivity index (χ1v) is 14.0. The van der Waals surface area contributed by atoms with Crippen molar-refractivity contribution < 1.29 is 19.1 Å². The lowest BCUT2D eigenvalue weighted by Crippen LogP contribution is -2.67. The molecule has 1 aliphatic carbocycles. The molecule has 4 nitrogen and oxygen atoms in total. The van der Waals surface area contributed by atoms with Gasteiger partial charge in [-0.3, -0.25) is 9.59 Å². The van der Waals surface area contributed by atoms with Crippen LogP contribution in [0.5, 0.6) is 0 Å². The first-order chi connectivity index (χ1) is 16.5. The molecule has 4 rings (SSSR count). The van der Waals surface area contributed by atoms with E-state index in [1.165, 1.54) is 29.8 Å². The highest BCUT2D eigenvalue weighted by molar-refractivity contribution is 7.11. The molecule has 176 valence electrons. The van der Waals surface area contributed by atoms with Crippen molar-refractivity contribution in [3.63, 3.8) is 0 Å². The monoisotopic (exact) mass is 472 g/mol. The fourth-order valence-electron chi connectivity index (χ4n) is 5.94. The van der Waals surface area contributed by atoms with Crippen molar-refractivity contribution in [2.45, 2.75) is 25.8 Å². The summed E-state index contributed by atoms with van der Waals surface area (Å²) in [6.45, 7) is 2.15. The maximum absolute atomic E-state index is 12.9.